The molecule has 1 N–H and O–H groups in total. The second kappa shape index (κ2) is 7.13. The molecule has 2 rings (SSSR count). The van der Waals surface area contributed by atoms with Crippen LogP contribution in [0.2, 0.25) is 5.02 Å². The van der Waals surface area contributed by atoms with E-state index in [1.165, 1.54) is 31.2 Å². The zero-order chi connectivity index (χ0) is 12.8. The number of hydrogen-bond donors (Lipinski definition) is 1. The number of likely N-dealkylation sites (N-methyl/N-ethyl adjacent to an activating group) is 1. The van der Waals surface area contributed by atoms with E-state index in [1.807, 2.05) is 19.2 Å². The maximum atomic E-state index is 5.90. The van der Waals surface area contributed by atoms with E-state index in [2.05, 4.69) is 17.4 Å². The summed E-state index contributed by atoms with van der Waals surface area (Å²) >= 11 is 5.90. The topological polar surface area (TPSA) is 21.3 Å². The molecule has 0 saturated carbocycles. The van der Waals surface area contributed by atoms with Crippen LogP contribution in [0.4, 0.5) is 0 Å². The molecule has 0 bridgehead atoms. The average Bonchev–Trinajstić information content (AvgIpc) is 2.90. The Bertz CT molecular complexity index is 346. The number of halogens is 1. The molecular formula is C15H22ClNO. The summed E-state index contributed by atoms with van der Waals surface area (Å²) in [4.78, 5) is 0. The first-order chi connectivity index (χ1) is 8.78. The molecule has 2 atom stereocenters. The lowest BCUT2D eigenvalue weighted by molar-refractivity contribution is 0.0998. The van der Waals surface area contributed by atoms with E-state index in [0.717, 1.165) is 18.1 Å². The van der Waals surface area contributed by atoms with Crippen LogP contribution in [-0.2, 0) is 11.2 Å². The predicted molar refractivity (Wildman–Crippen MR) is 76.2 cm³/mol. The van der Waals surface area contributed by atoms with Gasteiger partial charge in [0.2, 0.25) is 0 Å². The van der Waals surface area contributed by atoms with E-state index in [1.54, 1.807) is 0 Å². The van der Waals surface area contributed by atoms with Gasteiger partial charge < -0.3 is 10.1 Å². The van der Waals surface area contributed by atoms with Crippen LogP contribution in [0.25, 0.3) is 0 Å². The van der Waals surface area contributed by atoms with Gasteiger partial charge in [0.1, 0.15) is 0 Å². The summed E-state index contributed by atoms with van der Waals surface area (Å²) in [6.07, 6.45) is 6.35. The largest absolute Gasteiger partial charge is 0.378 e. The van der Waals surface area contributed by atoms with Crippen molar-refractivity contribution >= 4 is 11.6 Å². The van der Waals surface area contributed by atoms with Crippen LogP contribution in [0.3, 0.4) is 0 Å². The molecule has 1 aliphatic heterocycles. The molecule has 100 valence electrons. The molecule has 3 heteroatoms. The van der Waals surface area contributed by atoms with Gasteiger partial charge in [-0.05, 0) is 56.8 Å². The molecule has 1 aromatic carbocycles. The van der Waals surface area contributed by atoms with E-state index < -0.39 is 0 Å². The SMILES string of the molecule is CNC(CCC1CCCO1)Cc1ccc(Cl)cc1. The third kappa shape index (κ3) is 4.27. The molecule has 2 unspecified atom stereocenters. The van der Waals surface area contributed by atoms with Crippen LogP contribution in [0.5, 0.6) is 0 Å². The van der Waals surface area contributed by atoms with E-state index in [9.17, 15) is 0 Å². The molecular weight excluding hydrogens is 246 g/mol. The Labute approximate surface area is 115 Å². The Balaban J connectivity index is 1.79. The fourth-order valence-electron chi connectivity index (χ4n) is 2.51. The minimum atomic E-state index is 0.492. The number of benzene rings is 1. The molecule has 1 saturated heterocycles. The molecule has 0 spiro atoms. The van der Waals surface area contributed by atoms with E-state index >= 15 is 0 Å². The molecule has 0 amide bonds. The molecule has 0 aromatic heterocycles. The first kappa shape index (κ1) is 13.9. The van der Waals surface area contributed by atoms with Gasteiger partial charge in [-0.2, -0.15) is 0 Å². The molecule has 0 radical (unpaired) electrons. The van der Waals surface area contributed by atoms with E-state index in [0.29, 0.717) is 12.1 Å². The number of ether oxygens (including phenoxy) is 1. The van der Waals surface area contributed by atoms with Gasteiger partial charge in [0.05, 0.1) is 6.10 Å². The van der Waals surface area contributed by atoms with Crippen molar-refractivity contribution in [2.24, 2.45) is 0 Å². The van der Waals surface area contributed by atoms with Crippen molar-refractivity contribution in [2.45, 2.75) is 44.2 Å². The number of nitrogens with one attached hydrogen (secondary N) is 1. The number of rotatable bonds is 6. The Hall–Kier alpha value is -0.570. The maximum Gasteiger partial charge on any atom is 0.0576 e. The van der Waals surface area contributed by atoms with Gasteiger partial charge in [-0.15, -0.1) is 0 Å². The first-order valence-electron chi connectivity index (χ1n) is 6.81. The molecule has 2 nitrogen and oxygen atoms in total. The smallest absolute Gasteiger partial charge is 0.0576 e. The lowest BCUT2D eigenvalue weighted by Crippen LogP contribution is -2.28. The Kier molecular flexibility index (Phi) is 5.48. The Morgan fingerprint density at radius 3 is 2.78 bits per heavy atom. The highest BCUT2D eigenvalue weighted by Crippen LogP contribution is 2.19. The Morgan fingerprint density at radius 1 is 1.39 bits per heavy atom. The second-order valence-electron chi connectivity index (χ2n) is 5.03. The summed E-state index contributed by atoms with van der Waals surface area (Å²) in [5.41, 5.74) is 1.34. The summed E-state index contributed by atoms with van der Waals surface area (Å²) in [7, 11) is 2.04. The van der Waals surface area contributed by atoms with Crippen molar-refractivity contribution in [3.8, 4) is 0 Å². The summed E-state index contributed by atoms with van der Waals surface area (Å²) in [6, 6.07) is 8.67. The molecule has 18 heavy (non-hydrogen) atoms. The van der Waals surface area contributed by atoms with Gasteiger partial charge in [-0.25, -0.2) is 0 Å². The zero-order valence-electron chi connectivity index (χ0n) is 11.0. The molecule has 1 aromatic rings. The van der Waals surface area contributed by atoms with Crippen LogP contribution in [0.1, 0.15) is 31.2 Å². The molecule has 1 aliphatic rings. The second-order valence-corrected chi connectivity index (χ2v) is 5.47. The number of hydrogen-bond acceptors (Lipinski definition) is 2. The minimum absolute atomic E-state index is 0.492. The Morgan fingerprint density at radius 2 is 2.17 bits per heavy atom. The fourth-order valence-corrected chi connectivity index (χ4v) is 2.64. The summed E-state index contributed by atoms with van der Waals surface area (Å²) in [5, 5.41) is 4.21. The van der Waals surface area contributed by atoms with E-state index in [-0.39, 0.29) is 0 Å². The van der Waals surface area contributed by atoms with Crippen LogP contribution in [-0.4, -0.2) is 25.8 Å². The van der Waals surface area contributed by atoms with Gasteiger partial charge in [-0.1, -0.05) is 23.7 Å². The summed E-state index contributed by atoms with van der Waals surface area (Å²) in [5.74, 6) is 0. The van der Waals surface area contributed by atoms with Crippen molar-refractivity contribution in [3.05, 3.63) is 34.9 Å². The van der Waals surface area contributed by atoms with Gasteiger partial charge in [0, 0.05) is 17.7 Å². The third-order valence-corrected chi connectivity index (χ3v) is 3.92. The quantitative estimate of drug-likeness (QED) is 0.853. The van der Waals surface area contributed by atoms with Gasteiger partial charge in [-0.3, -0.25) is 0 Å². The van der Waals surface area contributed by atoms with Crippen molar-refractivity contribution in [1.82, 2.24) is 5.32 Å². The van der Waals surface area contributed by atoms with E-state index in [4.69, 9.17) is 16.3 Å². The molecule has 1 fully saturated rings. The van der Waals surface area contributed by atoms with Crippen LogP contribution in [0.15, 0.2) is 24.3 Å². The summed E-state index contributed by atoms with van der Waals surface area (Å²) in [6.45, 7) is 0.950. The van der Waals surface area contributed by atoms with Crippen molar-refractivity contribution in [1.29, 1.82) is 0 Å². The van der Waals surface area contributed by atoms with Gasteiger partial charge in [0.25, 0.3) is 0 Å². The normalized spacial score (nSPS) is 21.1. The van der Waals surface area contributed by atoms with Crippen molar-refractivity contribution in [3.63, 3.8) is 0 Å². The minimum Gasteiger partial charge on any atom is -0.378 e. The highest BCUT2D eigenvalue weighted by Gasteiger charge is 2.17. The van der Waals surface area contributed by atoms with Crippen LogP contribution in [0, 0.1) is 0 Å². The van der Waals surface area contributed by atoms with Crippen LogP contribution < -0.4 is 5.32 Å². The summed E-state index contributed by atoms with van der Waals surface area (Å²) < 4.78 is 5.67. The highest BCUT2D eigenvalue weighted by atomic mass is 35.5. The van der Waals surface area contributed by atoms with Gasteiger partial charge >= 0.3 is 0 Å². The van der Waals surface area contributed by atoms with Crippen molar-refractivity contribution < 1.29 is 4.74 Å². The first-order valence-corrected chi connectivity index (χ1v) is 7.19. The maximum absolute atomic E-state index is 5.90. The standard InChI is InChI=1S/C15H22ClNO/c1-17-14(8-9-15-3-2-10-18-15)11-12-4-6-13(16)7-5-12/h4-7,14-15,17H,2-3,8-11H2,1H3. The third-order valence-electron chi connectivity index (χ3n) is 3.66. The fraction of sp³-hybridized carbons (Fsp3) is 0.600. The zero-order valence-corrected chi connectivity index (χ0v) is 11.7. The predicted octanol–water partition coefficient (Wildman–Crippen LogP) is 3.43. The molecule has 0 aliphatic carbocycles. The van der Waals surface area contributed by atoms with Crippen LogP contribution >= 0.6 is 11.6 Å². The molecule has 1 heterocycles. The highest BCUT2D eigenvalue weighted by molar-refractivity contribution is 6.30. The lowest BCUT2D eigenvalue weighted by Gasteiger charge is -2.18. The van der Waals surface area contributed by atoms with Gasteiger partial charge in [0.15, 0.2) is 0 Å². The average molecular weight is 268 g/mol. The van der Waals surface area contributed by atoms with Crippen molar-refractivity contribution in [2.75, 3.05) is 13.7 Å². The monoisotopic (exact) mass is 267 g/mol. The lowest BCUT2D eigenvalue weighted by atomic mass is 9.99.